The monoisotopic (exact) mass is 565 g/mol. The molecule has 4 rings (SSSR count). The van der Waals surface area contributed by atoms with Gasteiger partial charge in [-0.05, 0) is 54.5 Å². The number of hydrogen-bond acceptors (Lipinski definition) is 7. The van der Waals surface area contributed by atoms with Crippen molar-refractivity contribution in [3.8, 4) is 5.75 Å². The quantitative estimate of drug-likeness (QED) is 0.343. The van der Waals surface area contributed by atoms with Crippen LogP contribution in [0.4, 0.5) is 4.79 Å². The lowest BCUT2D eigenvalue weighted by molar-refractivity contribution is -0.127. The second-order valence-electron chi connectivity index (χ2n) is 10.7. The predicted octanol–water partition coefficient (Wildman–Crippen LogP) is 4.07. The van der Waals surface area contributed by atoms with E-state index in [4.69, 9.17) is 14.2 Å². The molecule has 222 valence electrons. The lowest BCUT2D eigenvalue weighted by Crippen LogP contribution is -2.55. The number of ether oxygens (including phenoxy) is 3. The van der Waals surface area contributed by atoms with Gasteiger partial charge in [0, 0.05) is 19.6 Å². The maximum absolute atomic E-state index is 13.7. The maximum atomic E-state index is 13.7. The average molecular weight is 566 g/mol. The van der Waals surface area contributed by atoms with Crippen LogP contribution < -0.4 is 15.4 Å². The van der Waals surface area contributed by atoms with E-state index in [0.717, 1.165) is 35.3 Å². The van der Waals surface area contributed by atoms with E-state index in [1.807, 2.05) is 67.6 Å². The normalized spacial score (nSPS) is 25.7. The summed E-state index contributed by atoms with van der Waals surface area (Å²) >= 11 is 0. The number of β-amino-alcohol motifs (C(OH)–C–C–N with tert-alkyl or cyclic N) is 1. The molecule has 2 amide bonds. The first kappa shape index (κ1) is 30.6. The van der Waals surface area contributed by atoms with Gasteiger partial charge in [-0.15, -0.1) is 0 Å². The van der Waals surface area contributed by atoms with Crippen LogP contribution in [-0.2, 0) is 20.7 Å². The highest BCUT2D eigenvalue weighted by Gasteiger charge is 2.34. The molecule has 2 aromatic carbocycles. The van der Waals surface area contributed by atoms with Crippen molar-refractivity contribution in [1.29, 1.82) is 0 Å². The third kappa shape index (κ3) is 8.09. The predicted molar refractivity (Wildman–Crippen MR) is 157 cm³/mol. The standard InChI is InChI=1S/C32H43N3O6/c1-4-5-16-41-32(38)35(2)28-13-9-10-17-40-30-20-26(25-19-23(39-3)14-15-24(25)30)33-21-29(36)27(34-31(28)37)18-22-11-7-6-8-12-22/h6-12,14-15,19,26-30,33,36H,4-5,13,16-18,20-21H2,1-3H3,(H,34,37)/b10-9-/t26-,27-,28-,29+,30+/m0/s1. The van der Waals surface area contributed by atoms with E-state index in [2.05, 4.69) is 10.6 Å². The first-order chi connectivity index (χ1) is 19.9. The fourth-order valence-corrected chi connectivity index (χ4v) is 5.37. The number of nitrogens with one attached hydrogen (secondary N) is 2. The van der Waals surface area contributed by atoms with Crippen LogP contribution in [0.15, 0.2) is 60.7 Å². The number of benzene rings is 2. The zero-order valence-electron chi connectivity index (χ0n) is 24.3. The van der Waals surface area contributed by atoms with Gasteiger partial charge in [0.25, 0.3) is 0 Å². The van der Waals surface area contributed by atoms with Gasteiger partial charge < -0.3 is 30.0 Å². The highest BCUT2D eigenvalue weighted by atomic mass is 16.6. The topological polar surface area (TPSA) is 109 Å². The molecule has 1 aliphatic carbocycles. The van der Waals surface area contributed by atoms with Crippen LogP contribution in [-0.4, -0.2) is 74.1 Å². The molecule has 41 heavy (non-hydrogen) atoms. The van der Waals surface area contributed by atoms with Crippen molar-refractivity contribution in [2.75, 3.05) is 33.9 Å². The van der Waals surface area contributed by atoms with Crippen LogP contribution in [0.5, 0.6) is 5.75 Å². The van der Waals surface area contributed by atoms with Gasteiger partial charge >= 0.3 is 6.09 Å². The summed E-state index contributed by atoms with van der Waals surface area (Å²) in [6, 6.07) is 14.3. The molecule has 2 aromatic rings. The molecule has 1 heterocycles. The molecule has 0 fully saturated rings. The summed E-state index contributed by atoms with van der Waals surface area (Å²) in [5.41, 5.74) is 3.17. The van der Waals surface area contributed by atoms with Crippen LogP contribution >= 0.6 is 0 Å². The minimum atomic E-state index is -0.892. The van der Waals surface area contributed by atoms with Gasteiger partial charge in [0.15, 0.2) is 0 Å². The van der Waals surface area contributed by atoms with Gasteiger partial charge in [0.05, 0.1) is 38.6 Å². The van der Waals surface area contributed by atoms with E-state index < -0.39 is 24.3 Å². The molecule has 0 aromatic heterocycles. The van der Waals surface area contributed by atoms with Crippen molar-refractivity contribution in [2.24, 2.45) is 0 Å². The summed E-state index contributed by atoms with van der Waals surface area (Å²) in [5, 5.41) is 18.0. The summed E-state index contributed by atoms with van der Waals surface area (Å²) in [5.74, 6) is 0.417. The summed E-state index contributed by atoms with van der Waals surface area (Å²) in [6.45, 7) is 2.94. The number of aliphatic hydroxyl groups is 1. The van der Waals surface area contributed by atoms with E-state index in [1.165, 1.54) is 4.90 Å². The highest BCUT2D eigenvalue weighted by molar-refractivity contribution is 5.86. The first-order valence-electron chi connectivity index (χ1n) is 14.5. The molecular weight excluding hydrogens is 522 g/mol. The molecule has 2 bridgehead atoms. The molecule has 5 atom stereocenters. The molecule has 0 unspecified atom stereocenters. The number of likely N-dealkylation sites (N-methyl/N-ethyl adjacent to an activating group) is 1. The van der Waals surface area contributed by atoms with E-state index in [-0.39, 0.29) is 31.0 Å². The minimum absolute atomic E-state index is 0.0429. The largest absolute Gasteiger partial charge is 0.497 e. The SMILES string of the molecule is CCCCOC(=O)N(C)[C@H]1C/C=C\CO[C@@H]2C[C@H](NC[C@@H](O)[C@H](Cc3ccccc3)NC1=O)c1cc(OC)ccc12. The Morgan fingerprint density at radius 2 is 1.95 bits per heavy atom. The first-order valence-corrected chi connectivity index (χ1v) is 14.5. The number of carbonyl (C=O) groups excluding carboxylic acids is 2. The number of carbonyl (C=O) groups is 2. The van der Waals surface area contributed by atoms with E-state index in [1.54, 1.807) is 14.2 Å². The van der Waals surface area contributed by atoms with Gasteiger partial charge in [-0.2, -0.15) is 0 Å². The van der Waals surface area contributed by atoms with Crippen LogP contribution in [0.3, 0.4) is 0 Å². The molecular formula is C32H43N3O6. The molecule has 0 spiro atoms. The van der Waals surface area contributed by atoms with Crippen molar-refractivity contribution < 1.29 is 28.9 Å². The van der Waals surface area contributed by atoms with Crippen molar-refractivity contribution in [2.45, 2.75) is 69.4 Å². The second kappa shape index (κ2) is 15.0. The van der Waals surface area contributed by atoms with E-state index in [0.29, 0.717) is 26.1 Å². The minimum Gasteiger partial charge on any atom is -0.497 e. The fraction of sp³-hybridized carbons (Fsp3) is 0.500. The number of rotatable bonds is 7. The summed E-state index contributed by atoms with van der Waals surface area (Å²) < 4.78 is 17.1. The number of methoxy groups -OCH3 is 1. The van der Waals surface area contributed by atoms with E-state index in [9.17, 15) is 14.7 Å². The molecule has 2 aliphatic rings. The lowest BCUT2D eigenvalue weighted by Gasteiger charge is -2.31. The van der Waals surface area contributed by atoms with Crippen LogP contribution in [0.2, 0.25) is 0 Å². The molecule has 0 saturated carbocycles. The van der Waals surface area contributed by atoms with E-state index >= 15 is 0 Å². The fourth-order valence-electron chi connectivity index (χ4n) is 5.37. The third-order valence-electron chi connectivity index (χ3n) is 7.83. The Hall–Kier alpha value is -3.40. The zero-order chi connectivity index (χ0) is 29.2. The van der Waals surface area contributed by atoms with Crippen LogP contribution in [0.25, 0.3) is 0 Å². The van der Waals surface area contributed by atoms with Crippen LogP contribution in [0.1, 0.15) is 61.4 Å². The zero-order valence-corrected chi connectivity index (χ0v) is 24.3. The molecule has 9 nitrogen and oxygen atoms in total. The maximum Gasteiger partial charge on any atom is 0.410 e. The van der Waals surface area contributed by atoms with Crippen molar-refractivity contribution in [3.05, 3.63) is 77.4 Å². The molecule has 0 radical (unpaired) electrons. The Morgan fingerprint density at radius 3 is 2.71 bits per heavy atom. The van der Waals surface area contributed by atoms with Crippen molar-refractivity contribution >= 4 is 12.0 Å². The number of fused-ring (bicyclic) bond motifs is 5. The molecule has 0 saturated heterocycles. The number of hydrogen-bond donors (Lipinski definition) is 3. The number of aliphatic hydroxyl groups excluding tert-OH is 1. The van der Waals surface area contributed by atoms with Gasteiger partial charge in [-0.1, -0.05) is 61.9 Å². The summed E-state index contributed by atoms with van der Waals surface area (Å²) in [7, 11) is 3.22. The Kier molecular flexibility index (Phi) is 11.2. The van der Waals surface area contributed by atoms with Gasteiger partial charge in [0.1, 0.15) is 11.8 Å². The van der Waals surface area contributed by atoms with Gasteiger partial charge in [-0.3, -0.25) is 9.69 Å². The molecule has 9 heteroatoms. The number of amides is 2. The van der Waals surface area contributed by atoms with Gasteiger partial charge in [0.2, 0.25) is 5.91 Å². The third-order valence-corrected chi connectivity index (χ3v) is 7.83. The smallest absolute Gasteiger partial charge is 0.410 e. The van der Waals surface area contributed by atoms with Crippen molar-refractivity contribution in [1.82, 2.24) is 15.5 Å². The van der Waals surface area contributed by atoms with Gasteiger partial charge in [-0.25, -0.2) is 4.79 Å². The number of unbranched alkanes of at least 4 members (excludes halogenated alkanes) is 1. The Bertz CT molecular complexity index is 1170. The Labute approximate surface area is 242 Å². The lowest BCUT2D eigenvalue weighted by atomic mass is 9.99. The Morgan fingerprint density at radius 1 is 1.15 bits per heavy atom. The van der Waals surface area contributed by atoms with Crippen LogP contribution in [0, 0.1) is 0 Å². The summed E-state index contributed by atoms with van der Waals surface area (Å²) in [6.07, 6.45) is 5.27. The number of nitrogens with zero attached hydrogens (tertiary/aromatic N) is 1. The highest BCUT2D eigenvalue weighted by Crippen LogP contribution is 2.42. The second-order valence-corrected chi connectivity index (χ2v) is 10.7. The Balaban J connectivity index is 1.60. The van der Waals surface area contributed by atoms with Crippen molar-refractivity contribution in [3.63, 3.8) is 0 Å². The average Bonchev–Trinajstić information content (AvgIpc) is 3.33. The molecule has 3 N–H and O–H groups in total. The molecule has 1 aliphatic heterocycles. The summed E-state index contributed by atoms with van der Waals surface area (Å²) in [4.78, 5) is 27.8.